The Balaban J connectivity index is 0.000000512. The van der Waals surface area contributed by atoms with E-state index in [1.54, 1.807) is 0 Å². The molecule has 1 aliphatic rings. The molecule has 0 radical (unpaired) electrons. The fourth-order valence-corrected chi connectivity index (χ4v) is 2.96. The van der Waals surface area contributed by atoms with E-state index in [1.807, 2.05) is 7.05 Å². The van der Waals surface area contributed by atoms with Crippen LogP contribution in [0.1, 0.15) is 24.8 Å². The van der Waals surface area contributed by atoms with E-state index < -0.39 is 33.8 Å². The maximum Gasteiger partial charge on any atom is 0.573 e. The summed E-state index contributed by atoms with van der Waals surface area (Å²) in [5, 5.41) is 0. The number of nitrogens with zero attached hydrogens (tertiary/aromatic N) is 1. The Morgan fingerprint density at radius 1 is 1.06 bits per heavy atom. The normalized spacial score (nSPS) is 16.7. The first-order valence-electron chi connectivity index (χ1n) is 8.70. The van der Waals surface area contributed by atoms with E-state index in [2.05, 4.69) is 4.74 Å². The van der Waals surface area contributed by atoms with Gasteiger partial charge in [-0.05, 0) is 37.0 Å². The molecule has 1 aromatic carbocycles. The summed E-state index contributed by atoms with van der Waals surface area (Å²) in [6.07, 6.45) is -3.69. The Morgan fingerprint density at radius 3 is 2.00 bits per heavy atom. The van der Waals surface area contributed by atoms with E-state index >= 15 is 0 Å². The van der Waals surface area contributed by atoms with Gasteiger partial charge in [0, 0.05) is 0 Å². The molecule has 31 heavy (non-hydrogen) atoms. The van der Waals surface area contributed by atoms with Crippen LogP contribution in [0.3, 0.4) is 0 Å². The number of likely N-dealkylation sites (N-methyl/N-ethyl adjacent to an activating group) is 1. The van der Waals surface area contributed by atoms with Crippen molar-refractivity contribution in [2.75, 3.05) is 26.7 Å². The van der Waals surface area contributed by atoms with Crippen molar-refractivity contribution >= 4 is 15.7 Å². The molecular formula is C17H19F8NO4S. The zero-order valence-electron chi connectivity index (χ0n) is 16.1. The predicted octanol–water partition coefficient (Wildman–Crippen LogP) is 4.87. The topological polar surface area (TPSA) is 66.4 Å². The first-order valence-corrected chi connectivity index (χ1v) is 10.1. The molecule has 2 rings (SSSR count). The third-order valence-electron chi connectivity index (χ3n) is 4.36. The monoisotopic (exact) mass is 485 g/mol. The van der Waals surface area contributed by atoms with E-state index in [0.717, 1.165) is 44.5 Å². The van der Waals surface area contributed by atoms with Crippen molar-refractivity contribution in [3.05, 3.63) is 35.9 Å². The summed E-state index contributed by atoms with van der Waals surface area (Å²) in [4.78, 5) is 0. The molecule has 14 heteroatoms. The third-order valence-corrected chi connectivity index (χ3v) is 4.93. The van der Waals surface area contributed by atoms with Crippen LogP contribution in [0.4, 0.5) is 35.1 Å². The van der Waals surface area contributed by atoms with E-state index in [0.29, 0.717) is 4.48 Å². The lowest BCUT2D eigenvalue weighted by Crippen LogP contribution is -2.48. The van der Waals surface area contributed by atoms with Gasteiger partial charge in [-0.1, -0.05) is 12.1 Å². The molecule has 0 unspecified atom stereocenters. The van der Waals surface area contributed by atoms with Crippen LogP contribution in [0.25, 0.3) is 5.57 Å². The largest absolute Gasteiger partial charge is 0.741 e. The minimum absolute atomic E-state index is 0.0664. The summed E-state index contributed by atoms with van der Waals surface area (Å²) < 4.78 is 127. The molecule has 0 spiro atoms. The van der Waals surface area contributed by atoms with Crippen LogP contribution in [-0.2, 0) is 10.1 Å². The van der Waals surface area contributed by atoms with Gasteiger partial charge in [0.15, 0.2) is 10.1 Å². The van der Waals surface area contributed by atoms with Gasteiger partial charge in [0.05, 0.1) is 25.7 Å². The summed E-state index contributed by atoms with van der Waals surface area (Å²) in [7, 11) is -4.19. The van der Waals surface area contributed by atoms with Gasteiger partial charge in [0.25, 0.3) is 6.08 Å². The molecule has 0 saturated carbocycles. The molecule has 1 saturated heterocycles. The number of likely N-dealkylation sites (tertiary alicyclic amines) is 1. The molecule has 0 atom stereocenters. The molecule has 5 nitrogen and oxygen atoms in total. The highest BCUT2D eigenvalue weighted by atomic mass is 32.2. The summed E-state index contributed by atoms with van der Waals surface area (Å²) >= 11 is 0. The lowest BCUT2D eigenvalue weighted by molar-refractivity contribution is -0.906. The molecule has 0 bridgehead atoms. The SMILES string of the molecule is C[N+]1(CC(=C(F)F)c2cccc(OC(F)(F)F)c2)CCCCC1.O=S(=O)([O-])C(F)(F)F. The van der Waals surface area contributed by atoms with Crippen molar-refractivity contribution in [3.8, 4) is 5.75 Å². The minimum atomic E-state index is -6.09. The van der Waals surface area contributed by atoms with Gasteiger partial charge >= 0.3 is 11.9 Å². The van der Waals surface area contributed by atoms with Crippen LogP contribution in [0.15, 0.2) is 30.3 Å². The molecule has 178 valence electrons. The lowest BCUT2D eigenvalue weighted by atomic mass is 10.0. The maximum atomic E-state index is 13.4. The van der Waals surface area contributed by atoms with Gasteiger partial charge in [-0.2, -0.15) is 22.0 Å². The minimum Gasteiger partial charge on any atom is -0.741 e. The van der Waals surface area contributed by atoms with Crippen molar-refractivity contribution < 1.29 is 57.3 Å². The predicted molar refractivity (Wildman–Crippen MR) is 92.6 cm³/mol. The van der Waals surface area contributed by atoms with Crippen LogP contribution < -0.4 is 4.74 Å². The maximum absolute atomic E-state index is 13.4. The second kappa shape index (κ2) is 10.1. The summed E-state index contributed by atoms with van der Waals surface area (Å²) in [6, 6.07) is 4.78. The van der Waals surface area contributed by atoms with Crippen LogP contribution >= 0.6 is 0 Å². The molecule has 0 amide bonds. The Kier molecular flexibility index (Phi) is 8.85. The number of piperidine rings is 1. The Hall–Kier alpha value is -1.93. The van der Waals surface area contributed by atoms with Crippen LogP contribution in [-0.4, -0.2) is 56.0 Å². The first kappa shape index (κ1) is 27.1. The van der Waals surface area contributed by atoms with Gasteiger partial charge in [0.1, 0.15) is 12.3 Å². The van der Waals surface area contributed by atoms with E-state index in [4.69, 9.17) is 13.0 Å². The third kappa shape index (κ3) is 9.39. The highest BCUT2D eigenvalue weighted by Gasteiger charge is 2.37. The average molecular weight is 485 g/mol. The summed E-state index contributed by atoms with van der Waals surface area (Å²) in [5.41, 5.74) is -5.80. The highest BCUT2D eigenvalue weighted by Crippen LogP contribution is 2.31. The second-order valence-electron chi connectivity index (χ2n) is 7.00. The molecule has 1 heterocycles. The Bertz CT molecular complexity index is 871. The fourth-order valence-electron chi connectivity index (χ4n) is 2.96. The van der Waals surface area contributed by atoms with Crippen molar-refractivity contribution in [2.45, 2.75) is 31.1 Å². The number of rotatable bonds is 4. The number of quaternary nitrogens is 1. The number of alkyl halides is 6. The molecule has 0 N–H and O–H groups in total. The molecule has 0 aromatic heterocycles. The van der Waals surface area contributed by atoms with Crippen molar-refractivity contribution in [3.63, 3.8) is 0 Å². The second-order valence-corrected chi connectivity index (χ2v) is 8.37. The van der Waals surface area contributed by atoms with Crippen molar-refractivity contribution in [1.82, 2.24) is 0 Å². The van der Waals surface area contributed by atoms with Crippen molar-refractivity contribution in [2.24, 2.45) is 0 Å². The smallest absolute Gasteiger partial charge is 0.573 e. The standard InChI is InChI=1S/C16H19F5NO.CHF3O3S/c1-22(8-3-2-4-9-22)11-14(15(17)18)12-6-5-7-13(10-12)23-16(19,20)21;2-1(3,4)8(5,6)7/h5-7,10H,2-4,8-9,11H2,1H3;(H,5,6,7)/q+1;/p-1. The molecule has 0 aliphatic carbocycles. The van der Waals surface area contributed by atoms with Crippen LogP contribution in [0, 0.1) is 0 Å². The number of hydrogen-bond acceptors (Lipinski definition) is 4. The number of benzene rings is 1. The number of ether oxygens (including phenoxy) is 1. The van der Waals surface area contributed by atoms with Crippen LogP contribution in [0.2, 0.25) is 0 Å². The average Bonchev–Trinajstić information content (AvgIpc) is 2.58. The number of halogens is 8. The fraction of sp³-hybridized carbons (Fsp3) is 0.529. The summed E-state index contributed by atoms with van der Waals surface area (Å²) in [5.74, 6) is -0.491. The molecule has 1 fully saturated rings. The molecular weight excluding hydrogens is 466 g/mol. The number of hydrogen-bond donors (Lipinski definition) is 0. The quantitative estimate of drug-likeness (QED) is 0.264. The molecule has 1 aromatic rings. The van der Waals surface area contributed by atoms with E-state index in [1.165, 1.54) is 12.1 Å². The van der Waals surface area contributed by atoms with E-state index in [-0.39, 0.29) is 17.7 Å². The lowest BCUT2D eigenvalue weighted by Gasteiger charge is -2.38. The molecule has 1 aliphatic heterocycles. The van der Waals surface area contributed by atoms with E-state index in [9.17, 15) is 35.1 Å². The Morgan fingerprint density at radius 2 is 1.58 bits per heavy atom. The van der Waals surface area contributed by atoms with Crippen molar-refractivity contribution in [1.29, 1.82) is 0 Å². The highest BCUT2D eigenvalue weighted by molar-refractivity contribution is 7.86. The zero-order chi connectivity index (χ0) is 24.1. The van der Waals surface area contributed by atoms with Gasteiger partial charge in [-0.3, -0.25) is 0 Å². The first-order chi connectivity index (χ1) is 13.9. The summed E-state index contributed by atoms with van der Waals surface area (Å²) in [6.45, 7) is 1.67. The van der Waals surface area contributed by atoms with Crippen LogP contribution in [0.5, 0.6) is 5.75 Å². The Labute approximate surface area is 173 Å². The van der Waals surface area contributed by atoms with Gasteiger partial charge in [-0.15, -0.1) is 13.2 Å². The zero-order valence-corrected chi connectivity index (χ0v) is 16.9. The van der Waals surface area contributed by atoms with Gasteiger partial charge in [-0.25, -0.2) is 8.42 Å². The van der Waals surface area contributed by atoms with Gasteiger partial charge in [0.2, 0.25) is 0 Å². The van der Waals surface area contributed by atoms with Gasteiger partial charge < -0.3 is 13.8 Å².